The molecule has 1 aliphatic carbocycles. The van der Waals surface area contributed by atoms with Gasteiger partial charge < -0.3 is 16.0 Å². The molecule has 0 bridgehead atoms. The zero-order chi connectivity index (χ0) is 13.8. The van der Waals surface area contributed by atoms with Crippen LogP contribution >= 0.6 is 0 Å². The van der Waals surface area contributed by atoms with E-state index < -0.39 is 0 Å². The SMILES string of the molecule is O=C(Nc1ccc(NCC2CCCNC2)cc1)C1CC1. The predicted molar refractivity (Wildman–Crippen MR) is 81.9 cm³/mol. The van der Waals surface area contributed by atoms with E-state index in [4.69, 9.17) is 0 Å². The number of carbonyl (C=O) groups is 1. The molecule has 1 saturated carbocycles. The number of anilines is 2. The smallest absolute Gasteiger partial charge is 0.227 e. The van der Waals surface area contributed by atoms with Gasteiger partial charge >= 0.3 is 0 Å². The lowest BCUT2D eigenvalue weighted by molar-refractivity contribution is -0.117. The maximum Gasteiger partial charge on any atom is 0.227 e. The Morgan fingerprint density at radius 2 is 1.90 bits per heavy atom. The highest BCUT2D eigenvalue weighted by Gasteiger charge is 2.29. The van der Waals surface area contributed by atoms with E-state index in [-0.39, 0.29) is 11.8 Å². The Balaban J connectivity index is 1.46. The second kappa shape index (κ2) is 6.27. The van der Waals surface area contributed by atoms with Gasteiger partial charge in [-0.2, -0.15) is 0 Å². The third-order valence-corrected chi connectivity index (χ3v) is 4.09. The normalized spacial score (nSPS) is 22.3. The largest absolute Gasteiger partial charge is 0.385 e. The fourth-order valence-corrected chi connectivity index (χ4v) is 2.62. The molecule has 20 heavy (non-hydrogen) atoms. The summed E-state index contributed by atoms with van der Waals surface area (Å²) in [4.78, 5) is 11.7. The molecule has 3 N–H and O–H groups in total. The topological polar surface area (TPSA) is 53.2 Å². The van der Waals surface area contributed by atoms with Crippen LogP contribution in [0, 0.1) is 11.8 Å². The first-order chi connectivity index (χ1) is 9.81. The number of nitrogens with one attached hydrogen (secondary N) is 3. The quantitative estimate of drug-likeness (QED) is 0.772. The minimum Gasteiger partial charge on any atom is -0.385 e. The number of piperidine rings is 1. The molecule has 4 heteroatoms. The summed E-state index contributed by atoms with van der Waals surface area (Å²) in [5, 5.41) is 9.87. The summed E-state index contributed by atoms with van der Waals surface area (Å²) in [6.45, 7) is 3.29. The summed E-state index contributed by atoms with van der Waals surface area (Å²) >= 11 is 0. The van der Waals surface area contributed by atoms with E-state index in [1.54, 1.807) is 0 Å². The molecule has 0 radical (unpaired) electrons. The highest BCUT2D eigenvalue weighted by atomic mass is 16.2. The van der Waals surface area contributed by atoms with Gasteiger partial charge in [-0.1, -0.05) is 0 Å². The van der Waals surface area contributed by atoms with Crippen molar-refractivity contribution < 1.29 is 4.79 Å². The van der Waals surface area contributed by atoms with Crippen LogP contribution in [0.1, 0.15) is 25.7 Å². The minimum atomic E-state index is 0.166. The molecule has 108 valence electrons. The van der Waals surface area contributed by atoms with Gasteiger partial charge in [-0.25, -0.2) is 0 Å². The molecule has 3 rings (SSSR count). The number of benzene rings is 1. The van der Waals surface area contributed by atoms with Gasteiger partial charge in [0.05, 0.1) is 0 Å². The Morgan fingerprint density at radius 3 is 2.55 bits per heavy atom. The Labute approximate surface area is 120 Å². The van der Waals surface area contributed by atoms with Crippen LogP contribution in [0.4, 0.5) is 11.4 Å². The molecule has 0 spiro atoms. The van der Waals surface area contributed by atoms with Crippen LogP contribution in [-0.4, -0.2) is 25.5 Å². The second-order valence-electron chi connectivity index (χ2n) is 5.93. The van der Waals surface area contributed by atoms with Crippen molar-refractivity contribution in [3.63, 3.8) is 0 Å². The van der Waals surface area contributed by atoms with E-state index in [1.165, 1.54) is 12.8 Å². The molecule has 0 aromatic heterocycles. The van der Waals surface area contributed by atoms with Crippen LogP contribution in [0.5, 0.6) is 0 Å². The standard InChI is InChI=1S/C16H23N3O/c20-16(13-3-4-13)19-15-7-5-14(6-8-15)18-11-12-2-1-9-17-10-12/h5-8,12-13,17-18H,1-4,9-11H2,(H,19,20). The molecule has 2 fully saturated rings. The maximum absolute atomic E-state index is 11.7. The first-order valence-corrected chi connectivity index (χ1v) is 7.67. The van der Waals surface area contributed by atoms with Gasteiger partial charge in [-0.15, -0.1) is 0 Å². The number of rotatable bonds is 5. The number of carbonyl (C=O) groups excluding carboxylic acids is 1. The summed E-state index contributed by atoms with van der Waals surface area (Å²) in [5.74, 6) is 1.14. The number of amides is 1. The molecule has 1 aromatic rings. The van der Waals surface area contributed by atoms with Crippen LogP contribution in [0.15, 0.2) is 24.3 Å². The zero-order valence-electron chi connectivity index (χ0n) is 11.8. The average molecular weight is 273 g/mol. The van der Waals surface area contributed by atoms with Crippen molar-refractivity contribution in [1.29, 1.82) is 0 Å². The van der Waals surface area contributed by atoms with Crippen molar-refractivity contribution in [2.24, 2.45) is 11.8 Å². The van der Waals surface area contributed by atoms with Crippen molar-refractivity contribution in [2.45, 2.75) is 25.7 Å². The summed E-state index contributed by atoms with van der Waals surface area (Å²) in [6.07, 6.45) is 4.66. The molecule has 1 aliphatic heterocycles. The molecule has 1 unspecified atom stereocenters. The van der Waals surface area contributed by atoms with E-state index in [0.29, 0.717) is 0 Å². The molecule has 1 saturated heterocycles. The first-order valence-electron chi connectivity index (χ1n) is 7.67. The molecular formula is C16H23N3O. The third-order valence-electron chi connectivity index (χ3n) is 4.09. The highest BCUT2D eigenvalue weighted by Crippen LogP contribution is 2.30. The average Bonchev–Trinajstić information content (AvgIpc) is 3.32. The Bertz CT molecular complexity index is 447. The van der Waals surface area contributed by atoms with Crippen LogP contribution < -0.4 is 16.0 Å². The van der Waals surface area contributed by atoms with Gasteiger partial charge in [0.25, 0.3) is 0 Å². The summed E-state index contributed by atoms with van der Waals surface area (Å²) < 4.78 is 0. The summed E-state index contributed by atoms with van der Waals surface area (Å²) in [5.41, 5.74) is 2.02. The number of hydrogen-bond acceptors (Lipinski definition) is 3. The van der Waals surface area contributed by atoms with E-state index in [2.05, 4.69) is 16.0 Å². The van der Waals surface area contributed by atoms with Crippen molar-refractivity contribution in [3.05, 3.63) is 24.3 Å². The van der Waals surface area contributed by atoms with Gasteiger partial charge in [0.2, 0.25) is 5.91 Å². The lowest BCUT2D eigenvalue weighted by Crippen LogP contribution is -2.33. The Hall–Kier alpha value is -1.55. The van der Waals surface area contributed by atoms with Crippen molar-refractivity contribution in [1.82, 2.24) is 5.32 Å². The summed E-state index contributed by atoms with van der Waals surface area (Å²) in [7, 11) is 0. The Morgan fingerprint density at radius 1 is 1.15 bits per heavy atom. The molecule has 4 nitrogen and oxygen atoms in total. The molecule has 1 heterocycles. The van der Waals surface area contributed by atoms with E-state index in [9.17, 15) is 4.79 Å². The van der Waals surface area contributed by atoms with Crippen LogP contribution in [0.2, 0.25) is 0 Å². The summed E-state index contributed by atoms with van der Waals surface area (Å²) in [6, 6.07) is 8.03. The minimum absolute atomic E-state index is 0.166. The molecule has 2 aliphatic rings. The Kier molecular flexibility index (Phi) is 4.21. The van der Waals surface area contributed by atoms with E-state index in [0.717, 1.165) is 49.8 Å². The van der Waals surface area contributed by atoms with Crippen LogP contribution in [-0.2, 0) is 4.79 Å². The lowest BCUT2D eigenvalue weighted by atomic mass is 10.00. The third kappa shape index (κ3) is 3.73. The van der Waals surface area contributed by atoms with Gasteiger partial charge in [0.15, 0.2) is 0 Å². The van der Waals surface area contributed by atoms with E-state index >= 15 is 0 Å². The highest BCUT2D eigenvalue weighted by molar-refractivity contribution is 5.94. The van der Waals surface area contributed by atoms with Crippen LogP contribution in [0.3, 0.4) is 0 Å². The molecule has 1 aromatic carbocycles. The maximum atomic E-state index is 11.7. The fraction of sp³-hybridized carbons (Fsp3) is 0.562. The van der Waals surface area contributed by atoms with Gasteiger partial charge in [-0.05, 0) is 69.0 Å². The van der Waals surface area contributed by atoms with Crippen molar-refractivity contribution in [2.75, 3.05) is 30.3 Å². The predicted octanol–water partition coefficient (Wildman–Crippen LogP) is 2.45. The van der Waals surface area contributed by atoms with E-state index in [1.807, 2.05) is 24.3 Å². The second-order valence-corrected chi connectivity index (χ2v) is 5.93. The van der Waals surface area contributed by atoms with Crippen molar-refractivity contribution >= 4 is 17.3 Å². The fourth-order valence-electron chi connectivity index (χ4n) is 2.62. The zero-order valence-corrected chi connectivity index (χ0v) is 11.8. The number of hydrogen-bond donors (Lipinski definition) is 3. The molecule has 1 amide bonds. The van der Waals surface area contributed by atoms with Crippen LogP contribution in [0.25, 0.3) is 0 Å². The first kappa shape index (κ1) is 13.4. The molecule has 1 atom stereocenters. The van der Waals surface area contributed by atoms with Gasteiger partial charge in [-0.3, -0.25) is 4.79 Å². The lowest BCUT2D eigenvalue weighted by Gasteiger charge is -2.23. The monoisotopic (exact) mass is 273 g/mol. The van der Waals surface area contributed by atoms with Gasteiger partial charge in [0, 0.05) is 23.8 Å². The van der Waals surface area contributed by atoms with Crippen molar-refractivity contribution in [3.8, 4) is 0 Å². The molecular weight excluding hydrogens is 250 g/mol. The van der Waals surface area contributed by atoms with Gasteiger partial charge in [0.1, 0.15) is 0 Å².